The Bertz CT molecular complexity index is 1570. The van der Waals surface area contributed by atoms with Crippen LogP contribution in [0.2, 0.25) is 0 Å². The highest BCUT2D eigenvalue weighted by Crippen LogP contribution is 2.47. The molecule has 0 radical (unpaired) electrons. The third-order valence-electron chi connectivity index (χ3n) is 8.39. The van der Waals surface area contributed by atoms with E-state index in [9.17, 15) is 10.1 Å². The average molecular weight is 579 g/mol. The number of pyridine rings is 1. The molecular weight excluding hydrogens is 541 g/mol. The maximum absolute atomic E-state index is 15.7. The number of allylic oxidation sites excluding steroid dienone is 1. The molecule has 1 aliphatic heterocycles. The average Bonchev–Trinajstić information content (AvgIpc) is 3.76. The maximum Gasteiger partial charge on any atom is 0.276 e. The van der Waals surface area contributed by atoms with Crippen molar-refractivity contribution in [3.63, 3.8) is 0 Å². The number of halogens is 3. The minimum Gasteiger partial charge on any atom is -0.363 e. The van der Waals surface area contributed by atoms with Gasteiger partial charge in [0.05, 0.1) is 28.5 Å². The van der Waals surface area contributed by atoms with E-state index >= 15 is 13.2 Å². The zero-order valence-electron chi connectivity index (χ0n) is 24.2. The predicted octanol–water partition coefficient (Wildman–Crippen LogP) is 6.59. The number of hydrogen-bond acceptors (Lipinski definition) is 6. The molecule has 1 aliphatic carbocycles. The van der Waals surface area contributed by atoms with E-state index in [0.29, 0.717) is 61.3 Å². The van der Waals surface area contributed by atoms with Gasteiger partial charge in [-0.25, -0.2) is 23.1 Å². The second-order valence-electron chi connectivity index (χ2n) is 11.5. The first-order valence-electron chi connectivity index (χ1n) is 14.8. The molecule has 6 bridgehead atoms. The van der Waals surface area contributed by atoms with Gasteiger partial charge in [-0.1, -0.05) is 37.3 Å². The number of nitriles is 1. The smallest absolute Gasteiger partial charge is 0.276 e. The number of aromatic nitrogens is 3. The number of anilines is 1. The number of aryl methyl sites for hydroxylation is 1. The van der Waals surface area contributed by atoms with Crippen LogP contribution in [0.15, 0.2) is 47.5 Å². The standard InChI is InChI=1S/C32H37F3N6O/c1-3-15-40-16-6-4-5-7-18-41-29-24(19-26(30(41)42)31(20-36)13-14-31)28(37-21-38-29)39-22(2)23-10-8-11-25(27(23)33)32(34,35)12-9-17-40/h4,6,8,10-11,19,21-22H,3,5,7,9,12-18H2,1-2H3,(H,37,38,39)/b6-4+/t22-/m1/s1. The van der Waals surface area contributed by atoms with Crippen LogP contribution >= 0.6 is 0 Å². The zero-order chi connectivity index (χ0) is 29.9. The Morgan fingerprint density at radius 2 is 1.93 bits per heavy atom. The number of nitrogens with one attached hydrogen (secondary N) is 1. The molecule has 3 heterocycles. The molecule has 1 saturated carbocycles. The molecule has 0 amide bonds. The van der Waals surface area contributed by atoms with Gasteiger partial charge >= 0.3 is 0 Å². The molecule has 1 fully saturated rings. The van der Waals surface area contributed by atoms with Gasteiger partial charge in [-0.3, -0.25) is 14.3 Å². The Labute approximate surface area is 244 Å². The van der Waals surface area contributed by atoms with Crippen molar-refractivity contribution in [2.75, 3.05) is 25.0 Å². The lowest BCUT2D eigenvalue weighted by molar-refractivity contribution is -0.0206. The number of fused-ring (bicyclic) bond motifs is 2. The number of hydrogen-bond donors (Lipinski definition) is 1. The summed E-state index contributed by atoms with van der Waals surface area (Å²) in [5.74, 6) is -3.92. The van der Waals surface area contributed by atoms with Crippen molar-refractivity contribution in [2.45, 2.75) is 82.7 Å². The quantitative estimate of drug-likeness (QED) is 0.353. The van der Waals surface area contributed by atoms with Crippen LogP contribution < -0.4 is 10.9 Å². The molecule has 1 atom stereocenters. The summed E-state index contributed by atoms with van der Waals surface area (Å²) < 4.78 is 48.0. The highest BCUT2D eigenvalue weighted by Gasteiger charge is 2.47. The highest BCUT2D eigenvalue weighted by atomic mass is 19.3. The van der Waals surface area contributed by atoms with E-state index in [1.54, 1.807) is 17.6 Å². The highest BCUT2D eigenvalue weighted by molar-refractivity contribution is 5.87. The first-order valence-corrected chi connectivity index (χ1v) is 14.8. The molecule has 1 N–H and O–H groups in total. The lowest BCUT2D eigenvalue weighted by atomic mass is 9.97. The molecule has 1 aromatic carbocycles. The Morgan fingerprint density at radius 3 is 2.67 bits per heavy atom. The molecule has 0 spiro atoms. The van der Waals surface area contributed by atoms with E-state index in [-0.39, 0.29) is 17.5 Å². The van der Waals surface area contributed by atoms with Crippen molar-refractivity contribution in [1.82, 2.24) is 19.4 Å². The van der Waals surface area contributed by atoms with E-state index in [4.69, 9.17) is 0 Å². The first-order chi connectivity index (χ1) is 20.2. The molecule has 5 rings (SSSR count). The minimum atomic E-state index is -3.32. The minimum absolute atomic E-state index is 0.0929. The molecule has 222 valence electrons. The van der Waals surface area contributed by atoms with Gasteiger partial charge in [0.15, 0.2) is 0 Å². The van der Waals surface area contributed by atoms with E-state index in [2.05, 4.69) is 39.3 Å². The van der Waals surface area contributed by atoms with Gasteiger partial charge in [-0.2, -0.15) is 5.26 Å². The summed E-state index contributed by atoms with van der Waals surface area (Å²) in [6.45, 7) is 6.04. The summed E-state index contributed by atoms with van der Waals surface area (Å²) in [5.41, 5.74) is -0.776. The SMILES string of the molecule is CCCN1C/C=C/CCCn2c(=O)c(C3(C#N)CC3)cc3c(ncnc32)N[C@H](C)c2cccc(c2F)C(F)(F)CCC1. The first kappa shape index (κ1) is 29.8. The lowest BCUT2D eigenvalue weighted by Crippen LogP contribution is -2.29. The van der Waals surface area contributed by atoms with Crippen LogP contribution in [0.1, 0.15) is 81.5 Å². The third kappa shape index (κ3) is 5.93. The molecule has 0 unspecified atom stereocenters. The van der Waals surface area contributed by atoms with Crippen molar-refractivity contribution in [1.29, 1.82) is 5.26 Å². The Morgan fingerprint density at radius 1 is 1.12 bits per heavy atom. The molecule has 0 saturated heterocycles. The fourth-order valence-electron chi connectivity index (χ4n) is 5.84. The topological polar surface area (TPSA) is 86.8 Å². The van der Waals surface area contributed by atoms with Crippen LogP contribution in [0.5, 0.6) is 0 Å². The summed E-state index contributed by atoms with van der Waals surface area (Å²) in [5, 5.41) is 13.6. The maximum atomic E-state index is 15.7. The number of nitrogens with zero attached hydrogens (tertiary/aromatic N) is 5. The van der Waals surface area contributed by atoms with Gasteiger partial charge in [-0.05, 0) is 64.6 Å². The van der Waals surface area contributed by atoms with Crippen molar-refractivity contribution in [3.8, 4) is 6.07 Å². The van der Waals surface area contributed by atoms with E-state index in [0.717, 1.165) is 25.5 Å². The van der Waals surface area contributed by atoms with Crippen molar-refractivity contribution in [3.05, 3.63) is 75.6 Å². The second-order valence-corrected chi connectivity index (χ2v) is 11.5. The third-order valence-corrected chi connectivity index (χ3v) is 8.39. The van der Waals surface area contributed by atoms with Crippen molar-refractivity contribution >= 4 is 16.9 Å². The van der Waals surface area contributed by atoms with Gasteiger partial charge in [0.25, 0.3) is 11.5 Å². The molecular formula is C32H37F3N6O. The second kappa shape index (κ2) is 12.3. The van der Waals surface area contributed by atoms with Crippen LogP contribution in [0.3, 0.4) is 0 Å². The van der Waals surface area contributed by atoms with Crippen LogP contribution in [-0.2, 0) is 17.9 Å². The molecule has 7 nitrogen and oxygen atoms in total. The van der Waals surface area contributed by atoms with Crippen LogP contribution in [-0.4, -0.2) is 39.1 Å². The number of alkyl halides is 2. The van der Waals surface area contributed by atoms with Crippen LogP contribution in [0, 0.1) is 17.1 Å². The van der Waals surface area contributed by atoms with Gasteiger partial charge in [0, 0.05) is 30.6 Å². The Balaban J connectivity index is 1.60. The fourth-order valence-corrected chi connectivity index (χ4v) is 5.84. The van der Waals surface area contributed by atoms with E-state index in [1.807, 2.05) is 6.08 Å². The molecule has 2 aliphatic rings. The zero-order valence-corrected chi connectivity index (χ0v) is 24.2. The number of benzene rings is 1. The van der Waals surface area contributed by atoms with Crippen LogP contribution in [0.25, 0.3) is 11.0 Å². The van der Waals surface area contributed by atoms with Crippen LogP contribution in [0.4, 0.5) is 19.0 Å². The molecule has 3 aromatic rings. The van der Waals surface area contributed by atoms with E-state index < -0.39 is 35.2 Å². The number of rotatable bonds is 3. The Kier molecular flexibility index (Phi) is 8.69. The molecule has 42 heavy (non-hydrogen) atoms. The van der Waals surface area contributed by atoms with E-state index in [1.165, 1.54) is 18.5 Å². The fraction of sp³-hybridized carbons (Fsp3) is 0.500. The largest absolute Gasteiger partial charge is 0.363 e. The van der Waals surface area contributed by atoms with Crippen molar-refractivity contribution < 1.29 is 13.2 Å². The monoisotopic (exact) mass is 578 g/mol. The predicted molar refractivity (Wildman–Crippen MR) is 157 cm³/mol. The summed E-state index contributed by atoms with van der Waals surface area (Å²) in [6.07, 6.45) is 8.70. The van der Waals surface area contributed by atoms with Gasteiger partial charge in [0.2, 0.25) is 0 Å². The summed E-state index contributed by atoms with van der Waals surface area (Å²) >= 11 is 0. The molecule has 2 aromatic heterocycles. The van der Waals surface area contributed by atoms with Crippen molar-refractivity contribution in [2.24, 2.45) is 0 Å². The lowest BCUT2D eigenvalue weighted by Gasteiger charge is -2.24. The van der Waals surface area contributed by atoms with Gasteiger partial charge in [0.1, 0.15) is 23.6 Å². The summed E-state index contributed by atoms with van der Waals surface area (Å²) in [4.78, 5) is 24.6. The summed E-state index contributed by atoms with van der Waals surface area (Å²) in [6, 6.07) is 7.39. The normalized spacial score (nSPS) is 21.8. The Hall–Kier alpha value is -3.71. The van der Waals surface area contributed by atoms with Gasteiger partial charge in [-0.15, -0.1) is 0 Å². The van der Waals surface area contributed by atoms with Gasteiger partial charge < -0.3 is 5.32 Å². The summed E-state index contributed by atoms with van der Waals surface area (Å²) in [7, 11) is 0. The molecule has 10 heteroatoms.